The summed E-state index contributed by atoms with van der Waals surface area (Å²) in [7, 11) is 0. The van der Waals surface area contributed by atoms with Crippen LogP contribution in [-0.2, 0) is 11.3 Å². The van der Waals surface area contributed by atoms with Crippen LogP contribution in [0.3, 0.4) is 0 Å². The third-order valence-corrected chi connectivity index (χ3v) is 6.98. The molecule has 0 bridgehead atoms. The molecule has 5 rings (SSSR count). The van der Waals surface area contributed by atoms with E-state index in [0.29, 0.717) is 39.5 Å². The Morgan fingerprint density at radius 3 is 2.50 bits per heavy atom. The zero-order valence-electron chi connectivity index (χ0n) is 18.5. The Morgan fingerprint density at radius 2 is 1.88 bits per heavy atom. The largest absolute Gasteiger partial charge is 0.373 e. The second-order valence-electron chi connectivity index (χ2n) is 8.62. The minimum atomic E-state index is -0.407. The summed E-state index contributed by atoms with van der Waals surface area (Å²) in [6.07, 6.45) is 5.74. The van der Waals surface area contributed by atoms with Crippen LogP contribution in [0.1, 0.15) is 53.4 Å². The molecule has 1 aromatic carbocycles. The second kappa shape index (κ2) is 9.92. The monoisotopic (exact) mass is 501 g/mol. The average molecular weight is 502 g/mol. The summed E-state index contributed by atoms with van der Waals surface area (Å²) < 4.78 is 12.1. The van der Waals surface area contributed by atoms with Gasteiger partial charge in [0.05, 0.1) is 34.6 Å². The summed E-state index contributed by atoms with van der Waals surface area (Å²) in [5, 5.41) is 5.42. The Hall–Kier alpha value is -2.65. The lowest BCUT2D eigenvalue weighted by atomic mass is 10.0. The van der Waals surface area contributed by atoms with Crippen molar-refractivity contribution in [2.45, 2.75) is 44.3 Å². The van der Waals surface area contributed by atoms with E-state index in [-0.39, 0.29) is 6.10 Å². The Bertz CT molecular complexity index is 1150. The summed E-state index contributed by atoms with van der Waals surface area (Å²) in [4.78, 5) is 18.0. The van der Waals surface area contributed by atoms with Gasteiger partial charge in [0.2, 0.25) is 0 Å². The van der Waals surface area contributed by atoms with Gasteiger partial charge >= 0.3 is 0 Å². The number of anilines is 1. The van der Waals surface area contributed by atoms with Gasteiger partial charge in [0.15, 0.2) is 0 Å². The van der Waals surface area contributed by atoms with E-state index in [1.54, 1.807) is 24.4 Å². The standard InChI is InChI=1S/C24H25Cl2N5O3/c25-18-2-1-3-19(26)21(18)22-17(23(34-30-22)14-4-5-14)13-33-16-8-10-31(11-9-16)15-6-7-20(28-12-15)24(32)29-27/h1-3,6-7,12,14,16H,4-5,8-11,13,27H2,(H,29,32). The number of pyridine rings is 1. The fourth-order valence-corrected chi connectivity index (χ4v) is 4.89. The smallest absolute Gasteiger partial charge is 0.283 e. The number of benzene rings is 1. The van der Waals surface area contributed by atoms with Crippen molar-refractivity contribution in [3.8, 4) is 11.3 Å². The molecule has 1 aliphatic heterocycles. The summed E-state index contributed by atoms with van der Waals surface area (Å²) in [6.45, 7) is 2.07. The molecule has 8 nitrogen and oxygen atoms in total. The van der Waals surface area contributed by atoms with Crippen molar-refractivity contribution in [2.24, 2.45) is 5.84 Å². The van der Waals surface area contributed by atoms with E-state index in [0.717, 1.165) is 55.8 Å². The van der Waals surface area contributed by atoms with Crippen LogP contribution < -0.4 is 16.2 Å². The van der Waals surface area contributed by atoms with Crippen molar-refractivity contribution in [1.29, 1.82) is 0 Å². The number of aromatic nitrogens is 2. The van der Waals surface area contributed by atoms with Crippen molar-refractivity contribution in [3.05, 3.63) is 63.6 Å². The molecule has 1 aliphatic carbocycles. The van der Waals surface area contributed by atoms with Gasteiger partial charge in [-0.25, -0.2) is 10.8 Å². The van der Waals surface area contributed by atoms with E-state index in [2.05, 4.69) is 20.5 Å². The Labute approximate surface area is 207 Å². The highest BCUT2D eigenvalue weighted by atomic mass is 35.5. The highest BCUT2D eigenvalue weighted by molar-refractivity contribution is 6.39. The summed E-state index contributed by atoms with van der Waals surface area (Å²) in [5.41, 5.74) is 5.65. The molecule has 0 atom stereocenters. The average Bonchev–Trinajstić information content (AvgIpc) is 3.63. The van der Waals surface area contributed by atoms with Crippen LogP contribution in [0.4, 0.5) is 5.69 Å². The molecule has 10 heteroatoms. The molecule has 0 unspecified atom stereocenters. The van der Waals surface area contributed by atoms with Crippen LogP contribution in [0.5, 0.6) is 0 Å². The van der Waals surface area contributed by atoms with Crippen LogP contribution in [0, 0.1) is 0 Å². The lowest BCUT2D eigenvalue weighted by Gasteiger charge is -2.33. The summed E-state index contributed by atoms with van der Waals surface area (Å²) in [5.74, 6) is 6.03. The number of halogens is 2. The van der Waals surface area contributed by atoms with E-state index in [4.69, 9.17) is 38.3 Å². The first-order valence-corrected chi connectivity index (χ1v) is 12.1. The first-order valence-electron chi connectivity index (χ1n) is 11.3. The molecule has 2 aliphatic rings. The van der Waals surface area contributed by atoms with Crippen LogP contribution in [-0.4, -0.2) is 35.2 Å². The first kappa shape index (κ1) is 23.1. The molecule has 1 saturated carbocycles. The number of ether oxygens (including phenoxy) is 1. The predicted molar refractivity (Wildman–Crippen MR) is 130 cm³/mol. The molecular formula is C24H25Cl2N5O3. The van der Waals surface area contributed by atoms with E-state index in [1.807, 2.05) is 12.1 Å². The maximum absolute atomic E-state index is 11.6. The first-order chi connectivity index (χ1) is 16.5. The number of rotatable bonds is 7. The summed E-state index contributed by atoms with van der Waals surface area (Å²) >= 11 is 12.9. The number of nitrogens with two attached hydrogens (primary N) is 1. The number of nitrogens with one attached hydrogen (secondary N) is 1. The minimum absolute atomic E-state index is 0.114. The number of amides is 1. The normalized spacial score (nSPS) is 16.6. The van der Waals surface area contributed by atoms with Crippen LogP contribution in [0.15, 0.2) is 41.1 Å². The number of nitrogen functional groups attached to an aromatic ring is 1. The lowest BCUT2D eigenvalue weighted by molar-refractivity contribution is 0.0246. The number of hydrazine groups is 1. The predicted octanol–water partition coefficient (Wildman–Crippen LogP) is 4.71. The number of hydrogen-bond acceptors (Lipinski definition) is 7. The molecule has 2 aromatic heterocycles. The van der Waals surface area contributed by atoms with Gasteiger partial charge in [0.1, 0.15) is 17.1 Å². The van der Waals surface area contributed by atoms with Crippen molar-refractivity contribution in [1.82, 2.24) is 15.6 Å². The molecular weight excluding hydrogens is 477 g/mol. The number of nitrogens with zero attached hydrogens (tertiary/aromatic N) is 3. The zero-order chi connectivity index (χ0) is 23.7. The molecule has 2 fully saturated rings. The molecule has 0 radical (unpaired) electrons. The number of carbonyl (C=O) groups excluding carboxylic acids is 1. The highest BCUT2D eigenvalue weighted by Gasteiger charge is 2.34. The quantitative estimate of drug-likeness (QED) is 0.274. The molecule has 3 N–H and O–H groups in total. The topological polar surface area (TPSA) is 107 Å². The van der Waals surface area contributed by atoms with Crippen molar-refractivity contribution >= 4 is 34.8 Å². The second-order valence-corrected chi connectivity index (χ2v) is 9.43. The van der Waals surface area contributed by atoms with Gasteiger partial charge in [-0.15, -0.1) is 0 Å². The zero-order valence-corrected chi connectivity index (χ0v) is 20.0. The number of hydrogen-bond donors (Lipinski definition) is 2. The maximum Gasteiger partial charge on any atom is 0.283 e. The lowest BCUT2D eigenvalue weighted by Crippen LogP contribution is -2.37. The van der Waals surface area contributed by atoms with Crippen molar-refractivity contribution in [2.75, 3.05) is 18.0 Å². The van der Waals surface area contributed by atoms with E-state index in [1.165, 1.54) is 0 Å². The fourth-order valence-electron chi connectivity index (χ4n) is 4.31. The van der Waals surface area contributed by atoms with E-state index in [9.17, 15) is 4.79 Å². The van der Waals surface area contributed by atoms with E-state index >= 15 is 0 Å². The van der Waals surface area contributed by atoms with Gasteiger partial charge in [0.25, 0.3) is 5.91 Å². The Kier molecular flexibility index (Phi) is 6.74. The maximum atomic E-state index is 11.6. The molecule has 0 spiro atoms. The van der Waals surface area contributed by atoms with Gasteiger partial charge in [0, 0.05) is 30.1 Å². The van der Waals surface area contributed by atoms with Crippen LogP contribution in [0.2, 0.25) is 10.0 Å². The molecule has 3 heterocycles. The molecule has 1 amide bonds. The van der Waals surface area contributed by atoms with Gasteiger partial charge in [-0.1, -0.05) is 34.4 Å². The molecule has 3 aromatic rings. The van der Waals surface area contributed by atoms with Gasteiger partial charge in [-0.3, -0.25) is 10.2 Å². The Morgan fingerprint density at radius 1 is 1.15 bits per heavy atom. The number of piperidine rings is 1. The van der Waals surface area contributed by atoms with Gasteiger partial charge < -0.3 is 14.2 Å². The van der Waals surface area contributed by atoms with Gasteiger partial charge in [-0.05, 0) is 49.9 Å². The third-order valence-electron chi connectivity index (χ3n) is 6.35. The van der Waals surface area contributed by atoms with Crippen molar-refractivity contribution in [3.63, 3.8) is 0 Å². The van der Waals surface area contributed by atoms with Gasteiger partial charge in [-0.2, -0.15) is 0 Å². The van der Waals surface area contributed by atoms with Crippen LogP contribution in [0.25, 0.3) is 11.3 Å². The van der Waals surface area contributed by atoms with E-state index < -0.39 is 5.91 Å². The van der Waals surface area contributed by atoms with Crippen molar-refractivity contribution < 1.29 is 14.1 Å². The number of carbonyl (C=O) groups is 1. The highest BCUT2D eigenvalue weighted by Crippen LogP contribution is 2.46. The molecule has 178 valence electrons. The summed E-state index contributed by atoms with van der Waals surface area (Å²) in [6, 6.07) is 8.98. The fraction of sp³-hybridized carbons (Fsp3) is 0.375. The Balaban J connectivity index is 1.24. The van der Waals surface area contributed by atoms with Crippen LogP contribution >= 0.6 is 23.2 Å². The molecule has 1 saturated heterocycles. The minimum Gasteiger partial charge on any atom is -0.373 e. The SMILES string of the molecule is NNC(=O)c1ccc(N2CCC(OCc3c(-c4c(Cl)cccc4Cl)noc3C3CC3)CC2)cn1. The third kappa shape index (κ3) is 4.77. The molecule has 34 heavy (non-hydrogen) atoms.